The van der Waals surface area contributed by atoms with Crippen LogP contribution >= 0.6 is 0 Å². The van der Waals surface area contributed by atoms with Gasteiger partial charge in [0, 0.05) is 28.1 Å². The van der Waals surface area contributed by atoms with E-state index in [-0.39, 0.29) is 12.3 Å². The van der Waals surface area contributed by atoms with Crippen molar-refractivity contribution in [2.75, 3.05) is 22.1 Å². The summed E-state index contributed by atoms with van der Waals surface area (Å²) in [5.74, 6) is -0.797. The number of urea groups is 1. The molecule has 0 unspecified atom stereocenters. The molecule has 0 radical (unpaired) electrons. The van der Waals surface area contributed by atoms with E-state index in [2.05, 4.69) is 16.0 Å². The van der Waals surface area contributed by atoms with Gasteiger partial charge in [0.25, 0.3) is 5.91 Å². The largest absolute Gasteiger partial charge is 0.329 e. The third-order valence-electron chi connectivity index (χ3n) is 6.62. The number of benzodiazepines with no additional fused rings is 1. The summed E-state index contributed by atoms with van der Waals surface area (Å²) in [6.07, 6.45) is -0.799. The van der Waals surface area contributed by atoms with Crippen molar-refractivity contribution < 1.29 is 19.2 Å². The maximum Gasteiger partial charge on any atom is 0.321 e. The van der Waals surface area contributed by atoms with Gasteiger partial charge in [0.1, 0.15) is 0 Å². The summed E-state index contributed by atoms with van der Waals surface area (Å²) in [4.78, 5) is 57.5. The normalized spacial score (nSPS) is 14.3. The number of rotatable bonds is 8. The number of ketones is 1. The van der Waals surface area contributed by atoms with Crippen molar-refractivity contribution in [1.29, 1.82) is 0 Å². The number of fused-ring (bicyclic) bond motifs is 1. The Balaban J connectivity index is 1.52. The molecule has 9 heteroatoms. The van der Waals surface area contributed by atoms with Gasteiger partial charge in [-0.05, 0) is 36.8 Å². The van der Waals surface area contributed by atoms with Gasteiger partial charge >= 0.3 is 6.03 Å². The number of benzene rings is 4. The summed E-state index contributed by atoms with van der Waals surface area (Å²) < 4.78 is 0. The summed E-state index contributed by atoms with van der Waals surface area (Å²) in [5, 5.41) is 7.87. The quantitative estimate of drug-likeness (QED) is 0.218. The Morgan fingerprint density at radius 3 is 2.37 bits per heavy atom. The molecule has 1 aliphatic rings. The molecule has 1 aliphatic heterocycles. The lowest BCUT2D eigenvalue weighted by Gasteiger charge is -2.25. The molecule has 5 rings (SSSR count). The highest BCUT2D eigenvalue weighted by Crippen LogP contribution is 2.29. The van der Waals surface area contributed by atoms with Crippen LogP contribution in [0.1, 0.15) is 27.0 Å². The van der Waals surface area contributed by atoms with Crippen LogP contribution in [0, 0.1) is 6.92 Å². The van der Waals surface area contributed by atoms with Crippen molar-refractivity contribution in [3.63, 3.8) is 0 Å². The van der Waals surface area contributed by atoms with E-state index >= 15 is 0 Å². The maximum absolute atomic E-state index is 14.0. The first-order valence-electron chi connectivity index (χ1n) is 12.9. The van der Waals surface area contributed by atoms with Crippen LogP contribution in [0.15, 0.2) is 108 Å². The molecule has 0 spiro atoms. The summed E-state index contributed by atoms with van der Waals surface area (Å²) in [7, 11) is 0. The standard InChI is InChI=1S/C32H27N5O4/c1-21-10-5-6-15-25(21)28(39)19-37-27-17-8-7-16-26(27)29(22-11-3-2-4-12-22)35-30(31(37)40)36-32(41)34-24-14-9-13-23(18-24)33-20-38/h2-18,20,30H,19H2,1H3,(H,33,38)(H2,34,36,41)/t30-/m0/s1. The van der Waals surface area contributed by atoms with Crippen molar-refractivity contribution in [3.05, 3.63) is 125 Å². The van der Waals surface area contributed by atoms with E-state index in [1.165, 1.54) is 4.90 Å². The second-order valence-electron chi connectivity index (χ2n) is 9.37. The summed E-state index contributed by atoms with van der Waals surface area (Å²) in [5.41, 5.74) is 4.62. The number of carbonyl (C=O) groups is 4. The molecule has 4 amide bonds. The van der Waals surface area contributed by atoms with Crippen LogP contribution in [0.3, 0.4) is 0 Å². The highest BCUT2D eigenvalue weighted by Gasteiger charge is 2.34. The zero-order chi connectivity index (χ0) is 28.8. The Morgan fingerprint density at radius 2 is 1.59 bits per heavy atom. The van der Waals surface area contributed by atoms with Gasteiger partial charge in [0.2, 0.25) is 12.6 Å². The van der Waals surface area contributed by atoms with Gasteiger partial charge in [-0.15, -0.1) is 0 Å². The molecular weight excluding hydrogens is 518 g/mol. The van der Waals surface area contributed by atoms with Gasteiger partial charge in [-0.3, -0.25) is 14.4 Å². The van der Waals surface area contributed by atoms with Crippen molar-refractivity contribution in [2.24, 2.45) is 4.99 Å². The first kappa shape index (κ1) is 27.0. The van der Waals surface area contributed by atoms with E-state index in [0.717, 1.165) is 11.1 Å². The third kappa shape index (κ3) is 6.04. The first-order chi connectivity index (χ1) is 19.9. The minimum Gasteiger partial charge on any atom is -0.329 e. The van der Waals surface area contributed by atoms with Crippen LogP contribution < -0.4 is 20.9 Å². The number of hydrogen-bond acceptors (Lipinski definition) is 5. The summed E-state index contributed by atoms with van der Waals surface area (Å²) in [6.45, 7) is 1.61. The van der Waals surface area contributed by atoms with Crippen molar-refractivity contribution in [1.82, 2.24) is 5.32 Å². The molecule has 3 N–H and O–H groups in total. The Kier molecular flexibility index (Phi) is 7.96. The molecule has 0 aliphatic carbocycles. The molecule has 41 heavy (non-hydrogen) atoms. The first-order valence-corrected chi connectivity index (χ1v) is 12.9. The fourth-order valence-corrected chi connectivity index (χ4v) is 4.67. The number of nitrogens with one attached hydrogen (secondary N) is 3. The molecule has 0 aromatic heterocycles. The molecule has 1 atom stereocenters. The second-order valence-corrected chi connectivity index (χ2v) is 9.37. The molecule has 0 saturated heterocycles. The topological polar surface area (TPSA) is 120 Å². The zero-order valence-corrected chi connectivity index (χ0v) is 22.2. The third-order valence-corrected chi connectivity index (χ3v) is 6.62. The molecule has 4 aromatic carbocycles. The molecule has 4 aromatic rings. The Bertz CT molecular complexity index is 1650. The van der Waals surface area contributed by atoms with E-state index in [0.29, 0.717) is 40.3 Å². The van der Waals surface area contributed by atoms with E-state index < -0.39 is 18.1 Å². The van der Waals surface area contributed by atoms with E-state index in [4.69, 9.17) is 4.99 Å². The van der Waals surface area contributed by atoms with E-state index in [9.17, 15) is 19.2 Å². The number of Topliss-reactive ketones (excluding diaryl/α,β-unsaturated/α-hetero) is 1. The van der Waals surface area contributed by atoms with Crippen LogP contribution in [0.2, 0.25) is 0 Å². The Hall–Kier alpha value is -5.57. The predicted octanol–water partition coefficient (Wildman–Crippen LogP) is 4.78. The smallest absolute Gasteiger partial charge is 0.321 e. The molecular formula is C32H27N5O4. The van der Waals surface area contributed by atoms with Crippen molar-refractivity contribution in [3.8, 4) is 0 Å². The number of aliphatic imine (C=N–C) groups is 1. The van der Waals surface area contributed by atoms with Crippen LogP contribution in [0.4, 0.5) is 21.9 Å². The zero-order valence-electron chi connectivity index (χ0n) is 22.2. The number of nitrogens with zero attached hydrogens (tertiary/aromatic N) is 2. The van der Waals surface area contributed by atoms with Gasteiger partial charge in [-0.25, -0.2) is 9.79 Å². The highest BCUT2D eigenvalue weighted by molar-refractivity contribution is 6.21. The summed E-state index contributed by atoms with van der Waals surface area (Å²) >= 11 is 0. The number of amides is 4. The van der Waals surface area contributed by atoms with Crippen LogP contribution in [0.5, 0.6) is 0 Å². The average Bonchev–Trinajstić information content (AvgIpc) is 3.09. The molecule has 0 saturated carbocycles. The molecule has 0 fully saturated rings. The van der Waals surface area contributed by atoms with Gasteiger partial charge < -0.3 is 20.9 Å². The molecule has 9 nitrogen and oxygen atoms in total. The lowest BCUT2D eigenvalue weighted by molar-refractivity contribution is -0.120. The molecule has 204 valence electrons. The van der Waals surface area contributed by atoms with Gasteiger partial charge in [-0.2, -0.15) is 0 Å². The predicted molar refractivity (Wildman–Crippen MR) is 158 cm³/mol. The lowest BCUT2D eigenvalue weighted by Crippen LogP contribution is -2.50. The summed E-state index contributed by atoms with van der Waals surface area (Å²) in [6, 6.07) is 29.7. The fourth-order valence-electron chi connectivity index (χ4n) is 4.67. The molecule has 0 bridgehead atoms. The van der Waals surface area contributed by atoms with Crippen LogP contribution in [-0.4, -0.2) is 42.6 Å². The minimum atomic E-state index is -1.33. The van der Waals surface area contributed by atoms with E-state index in [1.54, 1.807) is 48.5 Å². The highest BCUT2D eigenvalue weighted by atomic mass is 16.2. The van der Waals surface area contributed by atoms with Gasteiger partial charge in [-0.1, -0.05) is 78.9 Å². The monoisotopic (exact) mass is 545 g/mol. The second kappa shape index (κ2) is 12.1. The van der Waals surface area contributed by atoms with Crippen LogP contribution in [-0.2, 0) is 9.59 Å². The fraction of sp³-hybridized carbons (Fsp3) is 0.0938. The van der Waals surface area contributed by atoms with Crippen molar-refractivity contribution in [2.45, 2.75) is 13.1 Å². The molecule has 1 heterocycles. The average molecular weight is 546 g/mol. The Labute approximate surface area is 236 Å². The lowest BCUT2D eigenvalue weighted by atomic mass is 9.99. The minimum absolute atomic E-state index is 0.239. The van der Waals surface area contributed by atoms with Crippen LogP contribution in [0.25, 0.3) is 0 Å². The maximum atomic E-state index is 14.0. The Morgan fingerprint density at radius 1 is 0.878 bits per heavy atom. The van der Waals surface area contributed by atoms with Crippen molar-refractivity contribution >= 4 is 46.9 Å². The SMILES string of the molecule is Cc1ccccc1C(=O)CN1C(=O)[C@H](NC(=O)Nc2cccc(NC=O)c2)N=C(c2ccccc2)c2ccccc21. The number of anilines is 3. The number of carbonyl (C=O) groups excluding carboxylic acids is 4. The van der Waals surface area contributed by atoms with Gasteiger partial charge in [0.15, 0.2) is 5.78 Å². The number of aryl methyl sites for hydroxylation is 1. The number of hydrogen-bond donors (Lipinski definition) is 3. The van der Waals surface area contributed by atoms with E-state index in [1.807, 2.05) is 61.5 Å². The number of para-hydroxylation sites is 1. The van der Waals surface area contributed by atoms with Gasteiger partial charge in [0.05, 0.1) is 17.9 Å².